The summed E-state index contributed by atoms with van der Waals surface area (Å²) in [7, 11) is 0. The number of benzene rings is 1. The van der Waals surface area contributed by atoms with Crippen LogP contribution in [0.4, 0.5) is 0 Å². The quantitative estimate of drug-likeness (QED) is 0.649. The van der Waals surface area contributed by atoms with E-state index in [0.717, 1.165) is 12.5 Å². The van der Waals surface area contributed by atoms with E-state index in [1.165, 1.54) is 31.2 Å². The van der Waals surface area contributed by atoms with E-state index in [0.29, 0.717) is 6.04 Å². The molecule has 1 aromatic rings. The zero-order valence-corrected chi connectivity index (χ0v) is 11.6. The molecule has 1 nitrogen and oxygen atoms in total. The fraction of sp³-hybridized carbons (Fsp3) is 0.625. The predicted octanol–water partition coefficient (Wildman–Crippen LogP) is 4.55. The fourth-order valence-corrected chi connectivity index (χ4v) is 2.15. The molecular formula is C16H27N. The second-order valence-electron chi connectivity index (χ2n) is 5.25. The SMILES string of the molecule is CCCCCNC(CC(C)C)c1ccccc1. The molecule has 0 saturated carbocycles. The first-order valence-electron chi connectivity index (χ1n) is 7.02. The van der Waals surface area contributed by atoms with Crippen LogP contribution in [-0.4, -0.2) is 6.54 Å². The third-order valence-electron chi connectivity index (χ3n) is 3.08. The Kier molecular flexibility index (Phi) is 6.95. The van der Waals surface area contributed by atoms with Crippen molar-refractivity contribution in [3.63, 3.8) is 0 Å². The largest absolute Gasteiger partial charge is 0.310 e. The first-order valence-corrected chi connectivity index (χ1v) is 7.02. The molecule has 0 aliphatic rings. The van der Waals surface area contributed by atoms with Gasteiger partial charge in [-0.1, -0.05) is 63.9 Å². The van der Waals surface area contributed by atoms with E-state index in [-0.39, 0.29) is 0 Å². The molecule has 0 amide bonds. The van der Waals surface area contributed by atoms with Gasteiger partial charge in [0.25, 0.3) is 0 Å². The molecule has 17 heavy (non-hydrogen) atoms. The van der Waals surface area contributed by atoms with Crippen molar-refractivity contribution >= 4 is 0 Å². The highest BCUT2D eigenvalue weighted by Crippen LogP contribution is 2.20. The molecule has 0 bridgehead atoms. The molecule has 1 aromatic carbocycles. The molecule has 0 heterocycles. The molecule has 1 atom stereocenters. The van der Waals surface area contributed by atoms with Crippen LogP contribution in [0.1, 0.15) is 58.1 Å². The molecule has 96 valence electrons. The van der Waals surface area contributed by atoms with E-state index >= 15 is 0 Å². The Hall–Kier alpha value is -0.820. The van der Waals surface area contributed by atoms with Gasteiger partial charge in [0, 0.05) is 6.04 Å². The van der Waals surface area contributed by atoms with Gasteiger partial charge in [-0.25, -0.2) is 0 Å². The lowest BCUT2D eigenvalue weighted by Gasteiger charge is -2.21. The summed E-state index contributed by atoms with van der Waals surface area (Å²) in [5, 5.41) is 3.70. The maximum atomic E-state index is 3.70. The lowest BCUT2D eigenvalue weighted by Crippen LogP contribution is -2.23. The van der Waals surface area contributed by atoms with Crippen molar-refractivity contribution < 1.29 is 0 Å². The Morgan fingerprint density at radius 1 is 1.06 bits per heavy atom. The summed E-state index contributed by atoms with van der Waals surface area (Å²) in [4.78, 5) is 0. The van der Waals surface area contributed by atoms with E-state index in [9.17, 15) is 0 Å². The molecule has 0 saturated heterocycles. The van der Waals surface area contributed by atoms with E-state index in [2.05, 4.69) is 56.4 Å². The van der Waals surface area contributed by atoms with Gasteiger partial charge in [0.05, 0.1) is 0 Å². The number of unbranched alkanes of at least 4 members (excludes halogenated alkanes) is 2. The second kappa shape index (κ2) is 8.30. The molecule has 0 spiro atoms. The van der Waals surface area contributed by atoms with Gasteiger partial charge in [0.2, 0.25) is 0 Å². The van der Waals surface area contributed by atoms with Crippen LogP contribution in [0.15, 0.2) is 30.3 Å². The minimum atomic E-state index is 0.521. The topological polar surface area (TPSA) is 12.0 Å². The summed E-state index contributed by atoms with van der Waals surface area (Å²) in [6, 6.07) is 11.4. The summed E-state index contributed by atoms with van der Waals surface area (Å²) in [5.74, 6) is 0.735. The van der Waals surface area contributed by atoms with Crippen LogP contribution < -0.4 is 5.32 Å². The summed E-state index contributed by atoms with van der Waals surface area (Å²) in [6.45, 7) is 7.98. The average molecular weight is 233 g/mol. The van der Waals surface area contributed by atoms with Gasteiger partial charge >= 0.3 is 0 Å². The van der Waals surface area contributed by atoms with Gasteiger partial charge in [-0.3, -0.25) is 0 Å². The zero-order chi connectivity index (χ0) is 12.5. The number of hydrogen-bond donors (Lipinski definition) is 1. The Labute approximate surface area is 107 Å². The van der Waals surface area contributed by atoms with Gasteiger partial charge in [-0.05, 0) is 30.9 Å². The number of nitrogens with one attached hydrogen (secondary N) is 1. The maximum Gasteiger partial charge on any atom is 0.0322 e. The van der Waals surface area contributed by atoms with Crippen LogP contribution in [-0.2, 0) is 0 Å². The fourth-order valence-electron chi connectivity index (χ4n) is 2.15. The lowest BCUT2D eigenvalue weighted by atomic mass is 9.97. The first kappa shape index (κ1) is 14.2. The highest BCUT2D eigenvalue weighted by Gasteiger charge is 2.11. The van der Waals surface area contributed by atoms with Gasteiger partial charge in [0.15, 0.2) is 0 Å². The third-order valence-corrected chi connectivity index (χ3v) is 3.08. The summed E-state index contributed by atoms with van der Waals surface area (Å²) in [6.07, 6.45) is 5.13. The van der Waals surface area contributed by atoms with Crippen LogP contribution in [0.25, 0.3) is 0 Å². The van der Waals surface area contributed by atoms with E-state index < -0.39 is 0 Å². The molecule has 0 aliphatic carbocycles. The van der Waals surface area contributed by atoms with E-state index in [1.807, 2.05) is 0 Å². The Balaban J connectivity index is 2.49. The Morgan fingerprint density at radius 3 is 2.35 bits per heavy atom. The summed E-state index contributed by atoms with van der Waals surface area (Å²) in [5.41, 5.74) is 1.43. The monoisotopic (exact) mass is 233 g/mol. The smallest absolute Gasteiger partial charge is 0.0322 e. The van der Waals surface area contributed by atoms with Crippen molar-refractivity contribution in [2.75, 3.05) is 6.54 Å². The highest BCUT2D eigenvalue weighted by molar-refractivity contribution is 5.18. The minimum Gasteiger partial charge on any atom is -0.310 e. The zero-order valence-electron chi connectivity index (χ0n) is 11.6. The summed E-state index contributed by atoms with van der Waals surface area (Å²) < 4.78 is 0. The first-order chi connectivity index (χ1) is 8.24. The molecule has 1 N–H and O–H groups in total. The van der Waals surface area contributed by atoms with Crippen LogP contribution in [0, 0.1) is 5.92 Å². The molecule has 1 heteroatoms. The van der Waals surface area contributed by atoms with Crippen molar-refractivity contribution in [2.45, 2.75) is 52.5 Å². The highest BCUT2D eigenvalue weighted by atomic mass is 14.9. The van der Waals surface area contributed by atoms with Crippen molar-refractivity contribution in [3.8, 4) is 0 Å². The van der Waals surface area contributed by atoms with Gasteiger partial charge < -0.3 is 5.32 Å². The van der Waals surface area contributed by atoms with Crippen molar-refractivity contribution in [2.24, 2.45) is 5.92 Å². The molecule has 0 aliphatic heterocycles. The van der Waals surface area contributed by atoms with Crippen LogP contribution in [0.2, 0.25) is 0 Å². The minimum absolute atomic E-state index is 0.521. The molecule has 1 rings (SSSR count). The van der Waals surface area contributed by atoms with Crippen LogP contribution in [0.3, 0.4) is 0 Å². The third kappa shape index (κ3) is 5.88. The maximum absolute atomic E-state index is 3.70. The van der Waals surface area contributed by atoms with Gasteiger partial charge in [-0.2, -0.15) is 0 Å². The Bertz CT molecular complexity index is 279. The normalized spacial score (nSPS) is 12.9. The molecular weight excluding hydrogens is 206 g/mol. The van der Waals surface area contributed by atoms with Crippen molar-refractivity contribution in [1.82, 2.24) is 5.32 Å². The average Bonchev–Trinajstić information content (AvgIpc) is 2.34. The van der Waals surface area contributed by atoms with Crippen LogP contribution in [0.5, 0.6) is 0 Å². The number of rotatable bonds is 8. The molecule has 0 radical (unpaired) electrons. The Morgan fingerprint density at radius 2 is 1.76 bits per heavy atom. The second-order valence-corrected chi connectivity index (χ2v) is 5.25. The lowest BCUT2D eigenvalue weighted by molar-refractivity contribution is 0.424. The van der Waals surface area contributed by atoms with Crippen molar-refractivity contribution in [3.05, 3.63) is 35.9 Å². The van der Waals surface area contributed by atoms with Crippen LogP contribution >= 0.6 is 0 Å². The van der Waals surface area contributed by atoms with Crippen molar-refractivity contribution in [1.29, 1.82) is 0 Å². The van der Waals surface area contributed by atoms with Gasteiger partial charge in [-0.15, -0.1) is 0 Å². The molecule has 0 fully saturated rings. The van der Waals surface area contributed by atoms with Gasteiger partial charge in [0.1, 0.15) is 0 Å². The summed E-state index contributed by atoms with van der Waals surface area (Å²) >= 11 is 0. The standard InChI is InChI=1S/C16H27N/c1-4-5-9-12-17-16(13-14(2)3)15-10-7-6-8-11-15/h6-8,10-11,14,16-17H,4-5,9,12-13H2,1-3H3. The number of hydrogen-bond acceptors (Lipinski definition) is 1. The van der Waals surface area contributed by atoms with E-state index in [1.54, 1.807) is 0 Å². The molecule has 1 unspecified atom stereocenters. The predicted molar refractivity (Wildman–Crippen MR) is 76.2 cm³/mol. The molecule has 0 aromatic heterocycles. The van der Waals surface area contributed by atoms with E-state index in [4.69, 9.17) is 0 Å².